The van der Waals surface area contributed by atoms with Crippen molar-refractivity contribution in [3.05, 3.63) is 103 Å². The lowest BCUT2D eigenvalue weighted by Crippen LogP contribution is -2.51. The van der Waals surface area contributed by atoms with Gasteiger partial charge in [0.1, 0.15) is 10.6 Å². The van der Waals surface area contributed by atoms with E-state index in [1.165, 1.54) is 11.3 Å². The number of amides is 1. The Morgan fingerprint density at radius 1 is 1.00 bits per heavy atom. The molecular weight excluding hydrogens is 550 g/mol. The molecule has 0 unspecified atom stereocenters. The van der Waals surface area contributed by atoms with Gasteiger partial charge < -0.3 is 20.3 Å². The third-order valence-electron chi connectivity index (χ3n) is 7.67. The number of methoxy groups -OCH3 is 1. The Morgan fingerprint density at radius 3 is 2.67 bits per heavy atom. The standard InChI is InChI=1S/C32H31N5O4S/c1-41-17-16-36-12-14-37(15-13-36)28-27(29(38)30(28)39)21-5-4-6-23(19-21)35-32(40)31-26(10-18-42-31)34-20-22-9-11-33-25-8-3-2-7-24(22)25/h2-11,18-19,34H,12-17,20H2,1H3,(H,35,40). The summed E-state index contributed by atoms with van der Waals surface area (Å²) in [6.07, 6.45) is 1.79. The first-order chi connectivity index (χ1) is 20.5. The Kier molecular flexibility index (Phi) is 8.09. The van der Waals surface area contributed by atoms with E-state index in [9.17, 15) is 14.4 Å². The molecule has 1 amide bonds. The average molecular weight is 582 g/mol. The highest BCUT2D eigenvalue weighted by Gasteiger charge is 2.29. The van der Waals surface area contributed by atoms with Crippen LogP contribution in [0.3, 0.4) is 0 Å². The second-order valence-corrected chi connectivity index (χ2v) is 11.2. The number of carbonyl (C=O) groups is 1. The summed E-state index contributed by atoms with van der Waals surface area (Å²) in [5.41, 5.74) is 3.91. The van der Waals surface area contributed by atoms with Crippen LogP contribution in [0.25, 0.3) is 22.0 Å². The van der Waals surface area contributed by atoms with Gasteiger partial charge in [-0.3, -0.25) is 24.3 Å². The number of piperazine rings is 1. The van der Waals surface area contributed by atoms with Gasteiger partial charge in [0.15, 0.2) is 0 Å². The van der Waals surface area contributed by atoms with Crippen molar-refractivity contribution in [1.29, 1.82) is 0 Å². The maximum absolute atomic E-state index is 13.3. The Bertz CT molecular complexity index is 1800. The minimum absolute atomic E-state index is 0.248. The highest BCUT2D eigenvalue weighted by molar-refractivity contribution is 7.12. The summed E-state index contributed by atoms with van der Waals surface area (Å²) in [6, 6.07) is 19.0. The molecule has 0 spiro atoms. The van der Waals surface area contributed by atoms with Gasteiger partial charge in [-0.15, -0.1) is 11.3 Å². The normalized spacial score (nSPS) is 14.0. The predicted octanol–water partition coefficient (Wildman–Crippen LogP) is 4.19. The van der Waals surface area contributed by atoms with Crippen molar-refractivity contribution in [2.75, 3.05) is 62.0 Å². The average Bonchev–Trinajstić information content (AvgIpc) is 3.50. The molecule has 1 aliphatic heterocycles. The number of ether oxygens (including phenoxy) is 1. The van der Waals surface area contributed by atoms with E-state index < -0.39 is 10.9 Å². The molecule has 1 fully saturated rings. The molecule has 3 aromatic carbocycles. The zero-order chi connectivity index (χ0) is 29.1. The monoisotopic (exact) mass is 581 g/mol. The van der Waals surface area contributed by atoms with Crippen molar-refractivity contribution < 1.29 is 9.53 Å². The molecule has 9 nitrogen and oxygen atoms in total. The summed E-state index contributed by atoms with van der Waals surface area (Å²) < 4.78 is 5.17. The number of benzene rings is 2. The molecule has 10 heteroatoms. The van der Waals surface area contributed by atoms with Crippen LogP contribution >= 0.6 is 11.3 Å². The quantitative estimate of drug-likeness (QED) is 0.237. The fourth-order valence-electron chi connectivity index (χ4n) is 5.43. The number of hydrogen-bond acceptors (Lipinski definition) is 9. The molecular formula is C32H31N5O4S. The molecule has 1 aliphatic rings. The van der Waals surface area contributed by atoms with Gasteiger partial charge in [0, 0.05) is 63.6 Å². The van der Waals surface area contributed by atoms with Crippen molar-refractivity contribution in [1.82, 2.24) is 9.88 Å². The van der Waals surface area contributed by atoms with Crippen molar-refractivity contribution in [3.8, 4) is 11.1 Å². The summed E-state index contributed by atoms with van der Waals surface area (Å²) >= 11 is 1.35. The smallest absolute Gasteiger partial charge is 0.267 e. The minimum Gasteiger partial charge on any atom is -0.383 e. The van der Waals surface area contributed by atoms with E-state index in [4.69, 9.17) is 4.74 Å². The van der Waals surface area contributed by atoms with Gasteiger partial charge in [-0.2, -0.15) is 0 Å². The topological polar surface area (TPSA) is 104 Å². The van der Waals surface area contributed by atoms with Gasteiger partial charge in [-0.25, -0.2) is 0 Å². The number of rotatable bonds is 10. The van der Waals surface area contributed by atoms with Crippen LogP contribution in [0.5, 0.6) is 0 Å². The maximum Gasteiger partial charge on any atom is 0.267 e. The molecule has 2 aromatic heterocycles. The maximum atomic E-state index is 13.3. The summed E-state index contributed by atoms with van der Waals surface area (Å²) in [5.74, 6) is -0.248. The molecule has 0 radical (unpaired) electrons. The number of carbonyl (C=O) groups excluding carboxylic acids is 1. The highest BCUT2D eigenvalue weighted by atomic mass is 32.1. The van der Waals surface area contributed by atoms with Crippen molar-refractivity contribution in [2.24, 2.45) is 0 Å². The molecule has 0 bridgehead atoms. The molecule has 214 valence electrons. The molecule has 1 saturated heterocycles. The van der Waals surface area contributed by atoms with Gasteiger partial charge in [-0.1, -0.05) is 30.3 Å². The van der Waals surface area contributed by atoms with E-state index in [0.29, 0.717) is 53.6 Å². The van der Waals surface area contributed by atoms with Crippen molar-refractivity contribution in [2.45, 2.75) is 6.54 Å². The number of thiophene rings is 1. The largest absolute Gasteiger partial charge is 0.383 e. The number of fused-ring (bicyclic) bond motifs is 1. The van der Waals surface area contributed by atoms with Crippen molar-refractivity contribution in [3.63, 3.8) is 0 Å². The van der Waals surface area contributed by atoms with Crippen LogP contribution in [0.1, 0.15) is 15.2 Å². The van der Waals surface area contributed by atoms with Crippen LogP contribution in [-0.2, 0) is 11.3 Å². The fourth-order valence-corrected chi connectivity index (χ4v) is 6.19. The van der Waals surface area contributed by atoms with Gasteiger partial charge in [0.25, 0.3) is 5.91 Å². The van der Waals surface area contributed by atoms with Gasteiger partial charge >= 0.3 is 0 Å². The van der Waals surface area contributed by atoms with E-state index in [1.54, 1.807) is 37.6 Å². The van der Waals surface area contributed by atoms with Crippen molar-refractivity contribution >= 4 is 45.2 Å². The third kappa shape index (κ3) is 5.56. The summed E-state index contributed by atoms with van der Waals surface area (Å²) in [4.78, 5) is 47.9. The molecule has 6 rings (SSSR count). The van der Waals surface area contributed by atoms with Gasteiger partial charge in [0.2, 0.25) is 10.9 Å². The number of hydrogen-bond donors (Lipinski definition) is 2. The Hall–Kier alpha value is -4.38. The molecule has 5 aromatic rings. The number of pyridine rings is 1. The van der Waals surface area contributed by atoms with Crippen LogP contribution in [0, 0.1) is 0 Å². The number of para-hydroxylation sites is 1. The van der Waals surface area contributed by atoms with Gasteiger partial charge in [0.05, 0.1) is 23.4 Å². The van der Waals surface area contributed by atoms with E-state index in [-0.39, 0.29) is 5.91 Å². The minimum atomic E-state index is -0.483. The fraction of sp³-hybridized carbons (Fsp3) is 0.250. The second kappa shape index (κ2) is 12.2. The Morgan fingerprint density at radius 2 is 1.83 bits per heavy atom. The van der Waals surface area contributed by atoms with E-state index in [1.807, 2.05) is 46.7 Å². The SMILES string of the molecule is COCCN1CCN(c2c(-c3cccc(NC(=O)c4sccc4NCc4ccnc5ccccc45)c3)c(=O)c2=O)CC1. The first-order valence-corrected chi connectivity index (χ1v) is 14.8. The highest BCUT2D eigenvalue weighted by Crippen LogP contribution is 2.30. The predicted molar refractivity (Wildman–Crippen MR) is 169 cm³/mol. The van der Waals surface area contributed by atoms with Crippen LogP contribution < -0.4 is 26.4 Å². The number of nitrogens with zero attached hydrogens (tertiary/aromatic N) is 3. The lowest BCUT2D eigenvalue weighted by Gasteiger charge is -2.37. The number of anilines is 3. The molecule has 0 saturated carbocycles. The summed E-state index contributed by atoms with van der Waals surface area (Å²) in [5, 5.41) is 9.32. The zero-order valence-electron chi connectivity index (χ0n) is 23.3. The van der Waals surface area contributed by atoms with E-state index >= 15 is 0 Å². The first-order valence-electron chi connectivity index (χ1n) is 13.9. The summed E-state index contributed by atoms with van der Waals surface area (Å²) in [6.45, 7) is 4.98. The van der Waals surface area contributed by atoms with E-state index in [2.05, 4.69) is 20.5 Å². The van der Waals surface area contributed by atoms with Crippen LogP contribution in [0.2, 0.25) is 0 Å². The Balaban J connectivity index is 1.15. The molecule has 42 heavy (non-hydrogen) atoms. The number of aromatic nitrogens is 1. The van der Waals surface area contributed by atoms with Crippen LogP contribution in [0.15, 0.2) is 81.8 Å². The molecule has 3 heterocycles. The summed E-state index contributed by atoms with van der Waals surface area (Å²) in [7, 11) is 1.68. The molecule has 0 aliphatic carbocycles. The Labute approximate surface area is 247 Å². The molecule has 2 N–H and O–H groups in total. The van der Waals surface area contributed by atoms with Crippen LogP contribution in [-0.4, -0.2) is 62.2 Å². The zero-order valence-corrected chi connectivity index (χ0v) is 24.1. The lowest BCUT2D eigenvalue weighted by atomic mass is 9.96. The van der Waals surface area contributed by atoms with Gasteiger partial charge in [-0.05, 0) is 46.8 Å². The number of nitrogens with one attached hydrogen (secondary N) is 2. The first kappa shape index (κ1) is 27.8. The molecule has 0 atom stereocenters. The van der Waals surface area contributed by atoms with E-state index in [0.717, 1.165) is 41.8 Å². The third-order valence-corrected chi connectivity index (χ3v) is 8.59. The second-order valence-electron chi connectivity index (χ2n) is 10.2. The lowest BCUT2D eigenvalue weighted by molar-refractivity contribution is 0.103. The van der Waals surface area contributed by atoms with Crippen LogP contribution in [0.4, 0.5) is 17.1 Å².